The van der Waals surface area contributed by atoms with Crippen molar-refractivity contribution in [3.05, 3.63) is 88.3 Å². The number of benzene rings is 2. The first-order chi connectivity index (χ1) is 16.2. The molecule has 0 bridgehead atoms. The normalized spacial score (nSPS) is 11.6. The highest BCUT2D eigenvalue weighted by Crippen LogP contribution is 2.32. The molecule has 2 heterocycles. The molecule has 0 aliphatic rings. The molecule has 0 saturated carbocycles. The van der Waals surface area contributed by atoms with Crippen molar-refractivity contribution in [3.63, 3.8) is 0 Å². The van der Waals surface area contributed by atoms with Crippen LogP contribution < -0.4 is 5.32 Å². The number of alkyl halides is 3. The minimum Gasteiger partial charge on any atom is -0.321 e. The summed E-state index contributed by atoms with van der Waals surface area (Å²) in [5.41, 5.74) is 0.696. The van der Waals surface area contributed by atoms with Gasteiger partial charge in [0.15, 0.2) is 0 Å². The lowest BCUT2D eigenvalue weighted by molar-refractivity contribution is -0.137. The van der Waals surface area contributed by atoms with Crippen LogP contribution in [-0.4, -0.2) is 20.7 Å². The van der Waals surface area contributed by atoms with E-state index in [2.05, 4.69) is 15.4 Å². The second kappa shape index (κ2) is 10.2. The predicted molar refractivity (Wildman–Crippen MR) is 130 cm³/mol. The van der Waals surface area contributed by atoms with Crippen LogP contribution in [0.2, 0.25) is 5.15 Å². The molecule has 0 atom stereocenters. The maximum absolute atomic E-state index is 13.1. The van der Waals surface area contributed by atoms with Crippen LogP contribution in [0.5, 0.6) is 0 Å². The molecule has 2 aromatic heterocycles. The number of halogens is 5. The number of hydrogen-bond acceptors (Lipinski definition) is 4. The van der Waals surface area contributed by atoms with E-state index in [4.69, 9.17) is 11.6 Å². The monoisotopic (exact) mass is 517 g/mol. The molecule has 0 saturated heterocycles. The minimum absolute atomic E-state index is 0. The molecule has 1 N–H and O–H groups in total. The first-order valence-electron chi connectivity index (χ1n) is 9.88. The molecular weight excluding hydrogens is 502 g/mol. The van der Waals surface area contributed by atoms with Gasteiger partial charge < -0.3 is 5.32 Å². The van der Waals surface area contributed by atoms with Crippen LogP contribution in [-0.2, 0) is 11.0 Å². The van der Waals surface area contributed by atoms with Crippen molar-refractivity contribution in [1.29, 1.82) is 5.26 Å². The number of nitriles is 1. The van der Waals surface area contributed by atoms with Gasteiger partial charge in [-0.05, 0) is 55.5 Å². The van der Waals surface area contributed by atoms with E-state index in [1.807, 2.05) is 6.07 Å². The van der Waals surface area contributed by atoms with Gasteiger partial charge in [0, 0.05) is 17.1 Å². The number of carbonyl (C=O) groups is 1. The summed E-state index contributed by atoms with van der Waals surface area (Å²) in [5.74, 6) is -0.680. The minimum atomic E-state index is -4.53. The number of nitrogens with one attached hydrogen (secondary N) is 1. The van der Waals surface area contributed by atoms with E-state index in [1.54, 1.807) is 43.5 Å². The number of fused-ring (bicyclic) bond motifs is 1. The predicted octanol–water partition coefficient (Wildman–Crippen LogP) is 6.37. The van der Waals surface area contributed by atoms with Crippen molar-refractivity contribution in [2.75, 3.05) is 5.32 Å². The van der Waals surface area contributed by atoms with Crippen LogP contribution >= 0.6 is 24.0 Å². The van der Waals surface area contributed by atoms with Crippen LogP contribution in [0, 0.1) is 18.3 Å². The highest BCUT2D eigenvalue weighted by atomic mass is 35.5. The third-order valence-electron chi connectivity index (χ3n) is 5.01. The van der Waals surface area contributed by atoms with Crippen molar-refractivity contribution >= 4 is 52.6 Å². The molecule has 1 amide bonds. The molecule has 6 nitrogen and oxygen atoms in total. The third-order valence-corrected chi connectivity index (χ3v) is 5.38. The Bertz CT molecular complexity index is 1480. The van der Waals surface area contributed by atoms with E-state index in [0.717, 1.165) is 16.8 Å². The van der Waals surface area contributed by atoms with Gasteiger partial charge in [-0.1, -0.05) is 23.7 Å². The Morgan fingerprint density at radius 2 is 1.91 bits per heavy atom. The van der Waals surface area contributed by atoms with Gasteiger partial charge in [-0.15, -0.1) is 12.4 Å². The number of pyridine rings is 1. The van der Waals surface area contributed by atoms with Gasteiger partial charge in [-0.25, -0.2) is 4.68 Å². The Labute approximate surface area is 209 Å². The number of hydrogen-bond donors (Lipinski definition) is 1. The SMILES string of the molecule is Cc1nn(-c2cccc(C(F)(F)F)c2)c(Cl)c1/C=C(\C#N)C(=O)Nc1cccc2ncccc12.Cl. The molecule has 4 aromatic rings. The first-order valence-corrected chi connectivity index (χ1v) is 10.3. The molecule has 4 rings (SSSR count). The molecule has 2 aromatic carbocycles. The van der Waals surface area contributed by atoms with Crippen molar-refractivity contribution in [3.8, 4) is 11.8 Å². The van der Waals surface area contributed by atoms with Crippen molar-refractivity contribution in [1.82, 2.24) is 14.8 Å². The van der Waals surface area contributed by atoms with E-state index in [-0.39, 0.29) is 34.4 Å². The fraction of sp³-hybridized carbons (Fsp3) is 0.0833. The standard InChI is InChI=1S/C24H15ClF3N5O.ClH/c1-14-19(22(25)33(32-14)17-6-2-5-16(12-17)24(26,27)28)11-15(13-29)23(34)31-21-9-3-8-20-18(21)7-4-10-30-20;/h2-12H,1H3,(H,31,34);1H/b15-11+;. The Balaban J connectivity index is 0.00000342. The maximum atomic E-state index is 13.1. The van der Waals surface area contributed by atoms with E-state index >= 15 is 0 Å². The lowest BCUT2D eigenvalue weighted by atomic mass is 10.1. The van der Waals surface area contributed by atoms with Crippen LogP contribution in [0.25, 0.3) is 22.7 Å². The summed E-state index contributed by atoms with van der Waals surface area (Å²) in [4.78, 5) is 17.1. The van der Waals surface area contributed by atoms with Gasteiger partial charge in [0.1, 0.15) is 16.8 Å². The lowest BCUT2D eigenvalue weighted by Crippen LogP contribution is -2.13. The zero-order valence-electron chi connectivity index (χ0n) is 18.0. The first kappa shape index (κ1) is 25.7. The highest BCUT2D eigenvalue weighted by molar-refractivity contribution is 6.31. The van der Waals surface area contributed by atoms with Crippen LogP contribution in [0.4, 0.5) is 18.9 Å². The average Bonchev–Trinajstić information content (AvgIpc) is 3.10. The Morgan fingerprint density at radius 1 is 1.17 bits per heavy atom. The summed E-state index contributed by atoms with van der Waals surface area (Å²) in [5, 5.41) is 17.1. The van der Waals surface area contributed by atoms with Crippen LogP contribution in [0.1, 0.15) is 16.8 Å². The third kappa shape index (κ3) is 5.29. The molecule has 0 radical (unpaired) electrons. The Morgan fingerprint density at radius 3 is 2.63 bits per heavy atom. The van der Waals surface area contributed by atoms with E-state index in [1.165, 1.54) is 18.2 Å². The van der Waals surface area contributed by atoms with Crippen molar-refractivity contribution < 1.29 is 18.0 Å². The number of amides is 1. The van der Waals surface area contributed by atoms with Gasteiger partial charge in [0.2, 0.25) is 0 Å². The zero-order chi connectivity index (χ0) is 24.5. The van der Waals surface area contributed by atoms with Crippen LogP contribution in [0.15, 0.2) is 66.4 Å². The second-order valence-electron chi connectivity index (χ2n) is 7.25. The number of anilines is 1. The molecule has 0 spiro atoms. The van der Waals surface area contributed by atoms with E-state index in [0.29, 0.717) is 22.3 Å². The van der Waals surface area contributed by atoms with Crippen molar-refractivity contribution in [2.45, 2.75) is 13.1 Å². The fourth-order valence-corrected chi connectivity index (χ4v) is 3.68. The van der Waals surface area contributed by atoms with E-state index in [9.17, 15) is 23.2 Å². The van der Waals surface area contributed by atoms with Gasteiger partial charge in [-0.3, -0.25) is 9.78 Å². The Kier molecular flexibility index (Phi) is 7.48. The van der Waals surface area contributed by atoms with Gasteiger partial charge in [0.25, 0.3) is 5.91 Å². The van der Waals surface area contributed by atoms with Gasteiger partial charge in [-0.2, -0.15) is 23.5 Å². The van der Waals surface area contributed by atoms with Gasteiger partial charge >= 0.3 is 6.18 Å². The van der Waals surface area contributed by atoms with E-state index < -0.39 is 17.6 Å². The number of nitrogens with zero attached hydrogens (tertiary/aromatic N) is 4. The number of aryl methyl sites for hydroxylation is 1. The molecule has 0 unspecified atom stereocenters. The largest absolute Gasteiger partial charge is 0.416 e. The maximum Gasteiger partial charge on any atom is 0.416 e. The van der Waals surface area contributed by atoms with Crippen LogP contribution in [0.3, 0.4) is 0 Å². The number of rotatable bonds is 4. The fourth-order valence-electron chi connectivity index (χ4n) is 3.36. The summed E-state index contributed by atoms with van der Waals surface area (Å²) < 4.78 is 40.4. The summed E-state index contributed by atoms with van der Waals surface area (Å²) in [6.07, 6.45) is -1.65. The molecule has 35 heavy (non-hydrogen) atoms. The molecule has 0 fully saturated rings. The highest BCUT2D eigenvalue weighted by Gasteiger charge is 2.31. The molecular formula is C24H16Cl2F3N5O. The topological polar surface area (TPSA) is 83.6 Å². The molecule has 0 aliphatic carbocycles. The van der Waals surface area contributed by atoms with Crippen molar-refractivity contribution in [2.24, 2.45) is 0 Å². The smallest absolute Gasteiger partial charge is 0.321 e. The summed E-state index contributed by atoms with van der Waals surface area (Å²) >= 11 is 6.40. The van der Waals surface area contributed by atoms with Gasteiger partial charge in [0.05, 0.1) is 28.1 Å². The molecule has 11 heteroatoms. The number of aromatic nitrogens is 3. The summed E-state index contributed by atoms with van der Waals surface area (Å²) in [6, 6.07) is 15.1. The summed E-state index contributed by atoms with van der Waals surface area (Å²) in [7, 11) is 0. The molecule has 178 valence electrons. The Hall–Kier alpha value is -3.87. The second-order valence-corrected chi connectivity index (χ2v) is 7.61. The average molecular weight is 518 g/mol. The zero-order valence-corrected chi connectivity index (χ0v) is 19.5. The summed E-state index contributed by atoms with van der Waals surface area (Å²) in [6.45, 7) is 1.57. The lowest BCUT2D eigenvalue weighted by Gasteiger charge is -2.09. The quantitative estimate of drug-likeness (QED) is 0.252. The molecule has 0 aliphatic heterocycles. The number of carbonyl (C=O) groups excluding carboxylic acids is 1.